The first-order valence-corrected chi connectivity index (χ1v) is 7.45. The Kier molecular flexibility index (Phi) is 5.62. The fraction of sp³-hybridized carbons (Fsp3) is 0.294. The van der Waals surface area contributed by atoms with Gasteiger partial charge < -0.3 is 10.2 Å². The Balaban J connectivity index is 2.18. The number of nitrogens with zero attached hydrogens (tertiary/aromatic N) is 2. The molecule has 0 atom stereocenters. The molecular weight excluding hydrogens is 300 g/mol. The highest BCUT2D eigenvalue weighted by Gasteiger charge is 2.14. The highest BCUT2D eigenvalue weighted by atomic mass is 19.1. The van der Waals surface area contributed by atoms with Crippen LogP contribution < -0.4 is 5.32 Å². The van der Waals surface area contributed by atoms with Crippen molar-refractivity contribution in [1.82, 2.24) is 9.88 Å². The van der Waals surface area contributed by atoms with E-state index in [1.165, 1.54) is 18.3 Å². The van der Waals surface area contributed by atoms with Crippen LogP contribution in [0.4, 0.5) is 20.2 Å². The summed E-state index contributed by atoms with van der Waals surface area (Å²) in [5.41, 5.74) is 0.373. The molecule has 1 amide bonds. The third-order valence-corrected chi connectivity index (χ3v) is 3.40. The van der Waals surface area contributed by atoms with Gasteiger partial charge in [0.2, 0.25) is 0 Å². The number of pyridine rings is 1. The number of nitrogens with one attached hydrogen (secondary N) is 1. The number of benzene rings is 1. The number of para-hydroxylation sites is 1. The topological polar surface area (TPSA) is 45.2 Å². The molecule has 0 saturated heterocycles. The van der Waals surface area contributed by atoms with Gasteiger partial charge in [-0.2, -0.15) is 0 Å². The SMILES string of the molecule is CCCCN(C)C(=O)c1cc(Nc2c(F)cccc2F)ccn1. The zero-order valence-electron chi connectivity index (χ0n) is 13.1. The molecule has 0 unspecified atom stereocenters. The lowest BCUT2D eigenvalue weighted by Crippen LogP contribution is -2.28. The standard InChI is InChI=1S/C17H19F2N3O/c1-3-4-10-22(2)17(23)15-11-12(8-9-20-15)21-16-13(18)6-5-7-14(16)19/h5-9,11H,3-4,10H2,1-2H3,(H,20,21). The molecule has 2 aromatic rings. The Morgan fingerprint density at radius 2 is 1.96 bits per heavy atom. The van der Waals surface area contributed by atoms with E-state index in [-0.39, 0.29) is 17.3 Å². The molecule has 1 aromatic heterocycles. The molecule has 0 aliphatic rings. The predicted molar refractivity (Wildman–Crippen MR) is 85.7 cm³/mol. The van der Waals surface area contributed by atoms with Crippen LogP contribution in [-0.4, -0.2) is 29.4 Å². The molecule has 0 aliphatic heterocycles. The number of carbonyl (C=O) groups excluding carboxylic acids is 1. The lowest BCUT2D eigenvalue weighted by molar-refractivity contribution is 0.0787. The third kappa shape index (κ3) is 4.25. The molecule has 0 radical (unpaired) electrons. The van der Waals surface area contributed by atoms with Gasteiger partial charge in [-0.3, -0.25) is 9.78 Å². The summed E-state index contributed by atoms with van der Waals surface area (Å²) in [6.45, 7) is 2.68. The quantitative estimate of drug-likeness (QED) is 0.876. The van der Waals surface area contributed by atoms with Gasteiger partial charge >= 0.3 is 0 Å². The maximum absolute atomic E-state index is 13.7. The van der Waals surface area contributed by atoms with E-state index in [1.807, 2.05) is 6.92 Å². The molecule has 0 spiro atoms. The summed E-state index contributed by atoms with van der Waals surface area (Å²) in [6.07, 6.45) is 3.32. The maximum atomic E-state index is 13.7. The van der Waals surface area contributed by atoms with E-state index < -0.39 is 11.6 Å². The minimum Gasteiger partial charge on any atom is -0.351 e. The first-order chi connectivity index (χ1) is 11.0. The number of hydrogen-bond acceptors (Lipinski definition) is 3. The number of aromatic nitrogens is 1. The Hall–Kier alpha value is -2.50. The van der Waals surface area contributed by atoms with Gasteiger partial charge in [0.05, 0.1) is 0 Å². The molecule has 4 nitrogen and oxygen atoms in total. The first kappa shape index (κ1) is 16.9. The maximum Gasteiger partial charge on any atom is 0.272 e. The van der Waals surface area contributed by atoms with Crippen LogP contribution in [0.1, 0.15) is 30.3 Å². The molecule has 6 heteroatoms. The van der Waals surface area contributed by atoms with E-state index in [2.05, 4.69) is 10.3 Å². The number of hydrogen-bond donors (Lipinski definition) is 1. The molecule has 0 aliphatic carbocycles. The smallest absolute Gasteiger partial charge is 0.272 e. The fourth-order valence-electron chi connectivity index (χ4n) is 2.08. The molecule has 1 heterocycles. The van der Waals surface area contributed by atoms with Crippen molar-refractivity contribution in [2.24, 2.45) is 0 Å². The average molecular weight is 319 g/mol. The number of unbranched alkanes of at least 4 members (excludes halogenated alkanes) is 1. The second-order valence-corrected chi connectivity index (χ2v) is 5.23. The number of rotatable bonds is 6. The summed E-state index contributed by atoms with van der Waals surface area (Å²) in [6, 6.07) is 6.65. The Morgan fingerprint density at radius 1 is 1.26 bits per heavy atom. The third-order valence-electron chi connectivity index (χ3n) is 3.40. The summed E-state index contributed by atoms with van der Waals surface area (Å²) >= 11 is 0. The van der Waals surface area contributed by atoms with Crippen molar-refractivity contribution >= 4 is 17.3 Å². The molecule has 1 N–H and O–H groups in total. The van der Waals surface area contributed by atoms with Crippen molar-refractivity contribution in [2.45, 2.75) is 19.8 Å². The Labute approximate surface area is 134 Å². The van der Waals surface area contributed by atoms with Crippen molar-refractivity contribution in [3.05, 3.63) is 53.9 Å². The van der Waals surface area contributed by atoms with E-state index >= 15 is 0 Å². The zero-order chi connectivity index (χ0) is 16.8. The zero-order valence-corrected chi connectivity index (χ0v) is 13.1. The van der Waals surface area contributed by atoms with E-state index in [1.54, 1.807) is 18.0 Å². The Morgan fingerprint density at radius 3 is 2.61 bits per heavy atom. The molecule has 23 heavy (non-hydrogen) atoms. The van der Waals surface area contributed by atoms with Gasteiger partial charge in [-0.25, -0.2) is 8.78 Å². The van der Waals surface area contributed by atoms with Gasteiger partial charge in [-0.05, 0) is 30.7 Å². The van der Waals surface area contributed by atoms with Crippen LogP contribution in [0.2, 0.25) is 0 Å². The van der Waals surface area contributed by atoms with Gasteiger partial charge in [0.15, 0.2) is 0 Å². The van der Waals surface area contributed by atoms with Crippen LogP contribution in [-0.2, 0) is 0 Å². The highest BCUT2D eigenvalue weighted by Crippen LogP contribution is 2.23. The van der Waals surface area contributed by atoms with Gasteiger partial charge in [0, 0.05) is 25.5 Å². The van der Waals surface area contributed by atoms with Gasteiger partial charge in [-0.15, -0.1) is 0 Å². The second-order valence-electron chi connectivity index (χ2n) is 5.23. The summed E-state index contributed by atoms with van der Waals surface area (Å²) in [5.74, 6) is -1.62. The van der Waals surface area contributed by atoms with Crippen LogP contribution >= 0.6 is 0 Å². The van der Waals surface area contributed by atoms with E-state index in [0.29, 0.717) is 12.2 Å². The number of anilines is 2. The van der Waals surface area contributed by atoms with Crippen LogP contribution in [0.25, 0.3) is 0 Å². The van der Waals surface area contributed by atoms with Crippen LogP contribution in [0.5, 0.6) is 0 Å². The predicted octanol–water partition coefficient (Wildman–Crippen LogP) is 3.98. The molecule has 0 bridgehead atoms. The normalized spacial score (nSPS) is 10.4. The number of carbonyl (C=O) groups is 1. The van der Waals surface area contributed by atoms with Crippen molar-refractivity contribution in [1.29, 1.82) is 0 Å². The minimum atomic E-state index is -0.699. The summed E-state index contributed by atoms with van der Waals surface area (Å²) in [5, 5.41) is 2.66. The van der Waals surface area contributed by atoms with Crippen LogP contribution in [0.3, 0.4) is 0 Å². The average Bonchev–Trinajstić information content (AvgIpc) is 2.55. The summed E-state index contributed by atoms with van der Waals surface area (Å²) < 4.78 is 27.3. The molecule has 0 fully saturated rings. The summed E-state index contributed by atoms with van der Waals surface area (Å²) in [7, 11) is 1.70. The van der Waals surface area contributed by atoms with E-state index in [4.69, 9.17) is 0 Å². The second kappa shape index (κ2) is 7.67. The lowest BCUT2D eigenvalue weighted by atomic mass is 10.2. The minimum absolute atomic E-state index is 0.226. The number of halogens is 2. The van der Waals surface area contributed by atoms with Crippen LogP contribution in [0.15, 0.2) is 36.5 Å². The van der Waals surface area contributed by atoms with Gasteiger partial charge in [0.25, 0.3) is 5.91 Å². The van der Waals surface area contributed by atoms with Gasteiger partial charge in [-0.1, -0.05) is 19.4 Å². The summed E-state index contributed by atoms with van der Waals surface area (Å²) in [4.78, 5) is 17.9. The largest absolute Gasteiger partial charge is 0.351 e. The van der Waals surface area contributed by atoms with Gasteiger partial charge in [0.1, 0.15) is 23.0 Å². The van der Waals surface area contributed by atoms with Crippen LogP contribution in [0, 0.1) is 11.6 Å². The number of amides is 1. The monoisotopic (exact) mass is 319 g/mol. The lowest BCUT2D eigenvalue weighted by Gasteiger charge is -2.16. The van der Waals surface area contributed by atoms with E-state index in [9.17, 15) is 13.6 Å². The Bertz CT molecular complexity index is 671. The molecule has 122 valence electrons. The van der Waals surface area contributed by atoms with E-state index in [0.717, 1.165) is 25.0 Å². The molecular formula is C17H19F2N3O. The van der Waals surface area contributed by atoms with Crippen molar-refractivity contribution in [2.75, 3.05) is 18.9 Å². The van der Waals surface area contributed by atoms with Crippen molar-refractivity contribution in [3.8, 4) is 0 Å². The van der Waals surface area contributed by atoms with Crippen molar-refractivity contribution < 1.29 is 13.6 Å². The van der Waals surface area contributed by atoms with Crippen molar-refractivity contribution in [3.63, 3.8) is 0 Å². The molecule has 2 rings (SSSR count). The molecule has 0 saturated carbocycles. The molecule has 1 aromatic carbocycles. The first-order valence-electron chi connectivity index (χ1n) is 7.45. The fourth-order valence-corrected chi connectivity index (χ4v) is 2.08. The highest BCUT2D eigenvalue weighted by molar-refractivity contribution is 5.93.